The first-order chi connectivity index (χ1) is 11.5. The molecule has 1 fully saturated rings. The van der Waals surface area contributed by atoms with Gasteiger partial charge in [0, 0.05) is 18.0 Å². The van der Waals surface area contributed by atoms with Gasteiger partial charge in [0.2, 0.25) is 0 Å². The van der Waals surface area contributed by atoms with Crippen molar-refractivity contribution in [3.63, 3.8) is 0 Å². The van der Waals surface area contributed by atoms with Crippen LogP contribution in [0.25, 0.3) is 0 Å². The summed E-state index contributed by atoms with van der Waals surface area (Å²) in [4.78, 5) is 8.77. The number of nitrogens with zero attached hydrogens (tertiary/aromatic N) is 2. The summed E-state index contributed by atoms with van der Waals surface area (Å²) in [5, 5.41) is 0. The standard InChI is InChI=1S/C18H23BFN3O2/c1-16(2)17(3,4)25-19(24-16)15-22-10-13(11-23-15)18(5,21)12-6-8-14(20)9-7-12/h6-11H,21H2,1-5H3. The molecule has 0 radical (unpaired) electrons. The molecule has 1 aromatic heterocycles. The Morgan fingerprint density at radius 1 is 0.960 bits per heavy atom. The summed E-state index contributed by atoms with van der Waals surface area (Å²) in [5.74, 6) is -0.299. The van der Waals surface area contributed by atoms with Crippen molar-refractivity contribution in [2.24, 2.45) is 5.73 Å². The Kier molecular flexibility index (Phi) is 4.22. The smallest absolute Gasteiger partial charge is 0.397 e. The molecule has 2 heterocycles. The van der Waals surface area contributed by atoms with E-state index >= 15 is 0 Å². The Labute approximate surface area is 147 Å². The van der Waals surface area contributed by atoms with Gasteiger partial charge in [-0.3, -0.25) is 0 Å². The number of hydrogen-bond donors (Lipinski definition) is 1. The molecule has 2 aromatic rings. The first-order valence-corrected chi connectivity index (χ1v) is 8.26. The predicted octanol–water partition coefficient (Wildman–Crippen LogP) is 2.14. The molecule has 1 aromatic carbocycles. The van der Waals surface area contributed by atoms with Crippen LogP contribution >= 0.6 is 0 Å². The van der Waals surface area contributed by atoms with Crippen LogP contribution in [-0.4, -0.2) is 28.3 Å². The van der Waals surface area contributed by atoms with Crippen molar-refractivity contribution in [1.82, 2.24) is 9.97 Å². The zero-order valence-electron chi connectivity index (χ0n) is 15.2. The van der Waals surface area contributed by atoms with Crippen LogP contribution in [0.3, 0.4) is 0 Å². The first kappa shape index (κ1) is 18.0. The average molecular weight is 343 g/mol. The van der Waals surface area contributed by atoms with E-state index in [1.54, 1.807) is 24.5 Å². The van der Waals surface area contributed by atoms with E-state index in [9.17, 15) is 4.39 Å². The molecule has 3 rings (SSSR count). The van der Waals surface area contributed by atoms with Gasteiger partial charge in [0.15, 0.2) is 5.72 Å². The topological polar surface area (TPSA) is 70.3 Å². The van der Waals surface area contributed by atoms with Gasteiger partial charge in [0.25, 0.3) is 0 Å². The summed E-state index contributed by atoms with van der Waals surface area (Å²) in [5.41, 5.74) is 6.66. The van der Waals surface area contributed by atoms with E-state index in [2.05, 4.69) is 9.97 Å². The molecule has 1 saturated heterocycles. The molecule has 0 saturated carbocycles. The maximum Gasteiger partial charge on any atom is 0.534 e. The lowest BCUT2D eigenvalue weighted by Gasteiger charge is -2.32. The normalized spacial score (nSPS) is 21.2. The summed E-state index contributed by atoms with van der Waals surface area (Å²) < 4.78 is 25.0. The number of aromatic nitrogens is 2. The van der Waals surface area contributed by atoms with Crippen molar-refractivity contribution in [1.29, 1.82) is 0 Å². The number of rotatable bonds is 3. The maximum absolute atomic E-state index is 13.1. The second kappa shape index (κ2) is 5.86. The number of benzene rings is 1. The van der Waals surface area contributed by atoms with Gasteiger partial charge in [0.1, 0.15) is 5.82 Å². The maximum atomic E-state index is 13.1. The van der Waals surface area contributed by atoms with Gasteiger partial charge >= 0.3 is 7.12 Å². The van der Waals surface area contributed by atoms with Crippen molar-refractivity contribution in [3.05, 3.63) is 53.6 Å². The van der Waals surface area contributed by atoms with Gasteiger partial charge in [-0.1, -0.05) is 12.1 Å². The molecular weight excluding hydrogens is 320 g/mol. The molecule has 1 aliphatic heterocycles. The fraction of sp³-hybridized carbons (Fsp3) is 0.444. The summed E-state index contributed by atoms with van der Waals surface area (Å²) >= 11 is 0. The lowest BCUT2D eigenvalue weighted by molar-refractivity contribution is 0.00578. The van der Waals surface area contributed by atoms with Gasteiger partial charge in [0.05, 0.1) is 16.7 Å². The highest BCUT2D eigenvalue weighted by Gasteiger charge is 2.53. The van der Waals surface area contributed by atoms with Crippen molar-refractivity contribution in [2.45, 2.75) is 51.4 Å². The summed E-state index contributed by atoms with van der Waals surface area (Å²) in [6, 6.07) is 6.11. The van der Waals surface area contributed by atoms with Crippen molar-refractivity contribution < 1.29 is 13.7 Å². The lowest BCUT2D eigenvalue weighted by Crippen LogP contribution is -2.41. The highest BCUT2D eigenvalue weighted by molar-refractivity contribution is 6.60. The Morgan fingerprint density at radius 3 is 1.92 bits per heavy atom. The van der Waals surface area contributed by atoms with Crippen LogP contribution in [0, 0.1) is 5.82 Å². The van der Waals surface area contributed by atoms with Crippen LogP contribution < -0.4 is 11.5 Å². The highest BCUT2D eigenvalue weighted by atomic mass is 19.1. The molecule has 1 unspecified atom stereocenters. The molecule has 1 aliphatic rings. The molecule has 132 valence electrons. The second-order valence-electron chi connectivity index (χ2n) is 7.63. The van der Waals surface area contributed by atoms with Gasteiger partial charge in [-0.25, -0.2) is 14.4 Å². The molecular formula is C18H23BFN3O2. The predicted molar refractivity (Wildman–Crippen MR) is 94.8 cm³/mol. The Morgan fingerprint density at radius 2 is 1.44 bits per heavy atom. The van der Waals surface area contributed by atoms with E-state index in [1.165, 1.54) is 12.1 Å². The van der Waals surface area contributed by atoms with Crippen molar-refractivity contribution in [3.8, 4) is 0 Å². The summed E-state index contributed by atoms with van der Waals surface area (Å²) in [6.07, 6.45) is 3.33. The molecule has 7 heteroatoms. The van der Waals surface area contributed by atoms with Crippen LogP contribution in [0.15, 0.2) is 36.7 Å². The second-order valence-corrected chi connectivity index (χ2v) is 7.63. The fourth-order valence-electron chi connectivity index (χ4n) is 2.64. The minimum absolute atomic E-state index is 0.299. The van der Waals surface area contributed by atoms with Crippen LogP contribution in [-0.2, 0) is 14.8 Å². The molecule has 2 N–H and O–H groups in total. The van der Waals surface area contributed by atoms with Gasteiger partial charge in [-0.2, -0.15) is 0 Å². The average Bonchev–Trinajstić information content (AvgIpc) is 2.76. The number of nitrogens with two attached hydrogens (primary N) is 1. The van der Waals surface area contributed by atoms with Crippen LogP contribution in [0.2, 0.25) is 0 Å². The van der Waals surface area contributed by atoms with E-state index in [1.807, 2.05) is 34.6 Å². The van der Waals surface area contributed by atoms with E-state index in [0.29, 0.717) is 5.72 Å². The van der Waals surface area contributed by atoms with Crippen LogP contribution in [0.4, 0.5) is 4.39 Å². The van der Waals surface area contributed by atoms with Gasteiger partial charge in [-0.15, -0.1) is 0 Å². The van der Waals surface area contributed by atoms with E-state index in [0.717, 1.165) is 11.1 Å². The minimum Gasteiger partial charge on any atom is -0.397 e. The zero-order chi connectivity index (χ0) is 18.5. The van der Waals surface area contributed by atoms with E-state index in [-0.39, 0.29) is 5.82 Å². The molecule has 1 atom stereocenters. The first-order valence-electron chi connectivity index (χ1n) is 8.26. The van der Waals surface area contributed by atoms with E-state index in [4.69, 9.17) is 15.0 Å². The monoisotopic (exact) mass is 343 g/mol. The fourth-order valence-corrected chi connectivity index (χ4v) is 2.64. The third kappa shape index (κ3) is 3.19. The molecule has 5 nitrogen and oxygen atoms in total. The molecule has 25 heavy (non-hydrogen) atoms. The Balaban J connectivity index is 1.84. The zero-order valence-corrected chi connectivity index (χ0v) is 15.2. The summed E-state index contributed by atoms with van der Waals surface area (Å²) in [7, 11) is -0.617. The van der Waals surface area contributed by atoms with Crippen molar-refractivity contribution in [2.75, 3.05) is 0 Å². The summed E-state index contributed by atoms with van der Waals surface area (Å²) in [6.45, 7) is 9.76. The Bertz CT molecular complexity index is 745. The Hall–Kier alpha value is -1.83. The third-order valence-corrected chi connectivity index (χ3v) is 5.18. The third-order valence-electron chi connectivity index (χ3n) is 5.18. The van der Waals surface area contributed by atoms with Crippen LogP contribution in [0.1, 0.15) is 45.7 Å². The van der Waals surface area contributed by atoms with Gasteiger partial charge in [-0.05, 0) is 52.3 Å². The molecule has 0 bridgehead atoms. The molecule has 0 amide bonds. The number of hydrogen-bond acceptors (Lipinski definition) is 5. The minimum atomic E-state index is -0.831. The molecule has 0 spiro atoms. The quantitative estimate of drug-likeness (QED) is 0.865. The van der Waals surface area contributed by atoms with E-state index < -0.39 is 23.9 Å². The molecule has 0 aliphatic carbocycles. The van der Waals surface area contributed by atoms with Gasteiger partial charge < -0.3 is 15.0 Å². The van der Waals surface area contributed by atoms with Crippen LogP contribution in [0.5, 0.6) is 0 Å². The van der Waals surface area contributed by atoms with Crippen molar-refractivity contribution >= 4 is 12.8 Å². The largest absolute Gasteiger partial charge is 0.534 e. The lowest BCUT2D eigenvalue weighted by atomic mass is 9.86. The number of halogens is 1. The highest BCUT2D eigenvalue weighted by Crippen LogP contribution is 2.36. The SMILES string of the molecule is CC(N)(c1ccc(F)cc1)c1cnc(B2OC(C)(C)C(C)(C)O2)nc1.